The van der Waals surface area contributed by atoms with Crippen LogP contribution < -0.4 is 4.90 Å². The largest absolute Gasteiger partial charge is 0.311 e. The van der Waals surface area contributed by atoms with E-state index in [9.17, 15) is 0 Å². The minimum atomic E-state index is 0.116. The number of hydrogen-bond donors (Lipinski definition) is 0. The molecule has 6 saturated carbocycles. The first-order valence-corrected chi connectivity index (χ1v) is 19.4. The molecule has 3 unspecified atom stereocenters. The minimum absolute atomic E-state index is 0.116. The van der Waals surface area contributed by atoms with Crippen molar-refractivity contribution in [1.82, 2.24) is 0 Å². The van der Waals surface area contributed by atoms with Gasteiger partial charge < -0.3 is 4.90 Å². The van der Waals surface area contributed by atoms with Gasteiger partial charge in [-0.05, 0) is 156 Å². The fourth-order valence-electron chi connectivity index (χ4n) is 14.0. The molecule has 0 saturated heterocycles. The average Bonchev–Trinajstić information content (AvgIpc) is 3.91. The third-order valence-corrected chi connectivity index (χ3v) is 15.3. The minimum Gasteiger partial charge on any atom is -0.311 e. The van der Waals surface area contributed by atoms with Gasteiger partial charge >= 0.3 is 0 Å². The van der Waals surface area contributed by atoms with Crippen molar-refractivity contribution < 1.29 is 0 Å². The van der Waals surface area contributed by atoms with Gasteiger partial charge in [0.2, 0.25) is 0 Å². The summed E-state index contributed by atoms with van der Waals surface area (Å²) in [4.78, 5) is 6.45. The summed E-state index contributed by atoms with van der Waals surface area (Å²) in [6.45, 7) is 7.97. The van der Waals surface area contributed by atoms with Crippen LogP contribution >= 0.6 is 0 Å². The van der Waals surface area contributed by atoms with Gasteiger partial charge in [0.1, 0.15) is 0 Å². The topological polar surface area (TPSA) is 7.60 Å². The highest BCUT2D eigenvalue weighted by Gasteiger charge is 2.62. The Hall–Kier alpha value is -4.61. The van der Waals surface area contributed by atoms with E-state index in [1.165, 1.54) is 91.4 Å². The summed E-state index contributed by atoms with van der Waals surface area (Å²) in [6, 6.07) is 41.8. The normalized spacial score (nSPS) is 32.6. The summed E-state index contributed by atoms with van der Waals surface area (Å²) in [7, 11) is 0. The van der Waals surface area contributed by atoms with E-state index in [0.717, 1.165) is 35.3 Å². The van der Waals surface area contributed by atoms with Crippen molar-refractivity contribution >= 4 is 22.7 Å². The lowest BCUT2D eigenvalue weighted by atomic mass is 9.43. The average molecular weight is 647 g/mol. The van der Waals surface area contributed by atoms with E-state index < -0.39 is 0 Å². The van der Waals surface area contributed by atoms with Crippen LogP contribution in [0.5, 0.6) is 0 Å². The van der Waals surface area contributed by atoms with Crippen LogP contribution in [0.4, 0.5) is 22.7 Å². The lowest BCUT2D eigenvalue weighted by molar-refractivity contribution is -0.0399. The molecule has 0 aliphatic heterocycles. The summed E-state index contributed by atoms with van der Waals surface area (Å²) in [5, 5.41) is 0. The van der Waals surface area contributed by atoms with Crippen LogP contribution in [0.3, 0.4) is 0 Å². The zero-order valence-corrected chi connectivity index (χ0v) is 28.6. The van der Waals surface area contributed by atoms with Gasteiger partial charge in [0, 0.05) is 27.8 Å². The Morgan fingerprint density at radius 1 is 0.540 bits per heavy atom. The van der Waals surface area contributed by atoms with E-state index in [2.05, 4.69) is 113 Å². The first-order valence-electron chi connectivity index (χ1n) is 19.4. The van der Waals surface area contributed by atoms with Crippen molar-refractivity contribution in [3.8, 4) is 22.3 Å². The molecule has 6 bridgehead atoms. The quantitative estimate of drug-likeness (QED) is 0.177. The Morgan fingerprint density at radius 3 is 1.98 bits per heavy atom. The van der Waals surface area contributed by atoms with Crippen LogP contribution in [0.2, 0.25) is 0 Å². The molecule has 0 heterocycles. The number of nitrogens with zero attached hydrogens (tertiary/aromatic N) is 2. The van der Waals surface area contributed by atoms with Gasteiger partial charge in [0.15, 0.2) is 5.69 Å². The maximum absolute atomic E-state index is 7.97. The van der Waals surface area contributed by atoms with Gasteiger partial charge in [-0.25, -0.2) is 4.85 Å². The number of hydrogen-bond acceptors (Lipinski definition) is 1. The smallest absolute Gasteiger partial charge is 0.189 e. The van der Waals surface area contributed by atoms with E-state index >= 15 is 0 Å². The molecule has 0 aromatic heterocycles. The van der Waals surface area contributed by atoms with Crippen molar-refractivity contribution in [1.29, 1.82) is 0 Å². The SMILES string of the molecule is [C-]#[N+]c1cccc(N(c2ccc3c(c2)C2(CC4CCC2C4)c2ccccc2-3)c2cccc3c2-c2ccccc2C32C3CC4CC(C3)CC2C4)c1. The molecule has 244 valence electrons. The second-order valence-corrected chi connectivity index (χ2v) is 17.2. The summed E-state index contributed by atoms with van der Waals surface area (Å²) in [5.41, 5.74) is 16.5. The number of fused-ring (bicyclic) bond motifs is 11. The lowest BCUT2D eigenvalue weighted by Gasteiger charge is -2.61. The van der Waals surface area contributed by atoms with E-state index in [1.807, 2.05) is 6.07 Å². The van der Waals surface area contributed by atoms with Crippen LogP contribution in [-0.2, 0) is 10.8 Å². The Morgan fingerprint density at radius 2 is 1.22 bits per heavy atom. The van der Waals surface area contributed by atoms with Gasteiger partial charge in [-0.2, -0.15) is 0 Å². The van der Waals surface area contributed by atoms with E-state index in [-0.39, 0.29) is 10.8 Å². The Labute approximate surface area is 296 Å². The zero-order valence-electron chi connectivity index (χ0n) is 28.6. The van der Waals surface area contributed by atoms with Crippen molar-refractivity contribution in [2.24, 2.45) is 35.5 Å². The predicted octanol–water partition coefficient (Wildman–Crippen LogP) is 12.5. The summed E-state index contributed by atoms with van der Waals surface area (Å²) in [6.07, 6.45) is 12.4. The van der Waals surface area contributed by atoms with Crippen molar-refractivity contribution in [3.05, 3.63) is 143 Å². The summed E-state index contributed by atoms with van der Waals surface area (Å²) >= 11 is 0. The molecule has 6 fully saturated rings. The van der Waals surface area contributed by atoms with Gasteiger partial charge in [-0.1, -0.05) is 85.3 Å². The van der Waals surface area contributed by atoms with Gasteiger partial charge in [0.25, 0.3) is 0 Å². The second-order valence-electron chi connectivity index (χ2n) is 17.2. The third-order valence-electron chi connectivity index (χ3n) is 15.3. The van der Waals surface area contributed by atoms with Crippen LogP contribution in [0.1, 0.15) is 80.0 Å². The fraction of sp³-hybridized carbons (Fsp3) is 0.354. The molecule has 5 aromatic rings. The highest BCUT2D eigenvalue weighted by Crippen LogP contribution is 2.71. The molecule has 13 rings (SSSR count). The molecule has 0 N–H and O–H groups in total. The van der Waals surface area contributed by atoms with E-state index in [4.69, 9.17) is 6.57 Å². The van der Waals surface area contributed by atoms with Crippen molar-refractivity contribution in [2.75, 3.05) is 4.90 Å². The molecule has 0 amide bonds. The van der Waals surface area contributed by atoms with Crippen molar-refractivity contribution in [3.63, 3.8) is 0 Å². The monoisotopic (exact) mass is 646 g/mol. The molecule has 50 heavy (non-hydrogen) atoms. The first-order chi connectivity index (χ1) is 24.7. The van der Waals surface area contributed by atoms with Crippen molar-refractivity contribution in [2.45, 2.75) is 68.6 Å². The molecule has 8 aliphatic carbocycles. The fourth-order valence-corrected chi connectivity index (χ4v) is 14.0. The first kappa shape index (κ1) is 28.1. The number of rotatable bonds is 3. The third kappa shape index (κ3) is 3.36. The maximum atomic E-state index is 7.97. The highest BCUT2D eigenvalue weighted by molar-refractivity contribution is 5.96. The standard InChI is InChI=1S/C48H42N2/c1-49-35-8-6-9-36(26-35)50(37-18-19-39-38-10-2-4-12-41(38)47(44(39)27-37)28-29-16-17-32(47)21-29)45-15-7-14-43-46(45)40-11-3-5-13-42(40)48(43)33-22-30-20-31(24-33)25-34(48)23-30/h2-15,18-19,26-27,29-34H,16-17,20-25,28H2. The Balaban J connectivity index is 1.11. The van der Waals surface area contributed by atoms with Crippen LogP contribution in [0.15, 0.2) is 109 Å². The summed E-state index contributed by atoms with van der Waals surface area (Å²) < 4.78 is 0. The van der Waals surface area contributed by atoms with E-state index in [1.54, 1.807) is 22.3 Å². The molecule has 2 nitrogen and oxygen atoms in total. The molecule has 0 radical (unpaired) electrons. The number of anilines is 3. The van der Waals surface area contributed by atoms with Crippen LogP contribution in [0, 0.1) is 42.1 Å². The Bertz CT molecular complexity index is 2280. The zero-order chi connectivity index (χ0) is 32.8. The molecule has 2 spiro atoms. The maximum Gasteiger partial charge on any atom is 0.189 e. The lowest BCUT2D eigenvalue weighted by Crippen LogP contribution is -2.55. The van der Waals surface area contributed by atoms with Gasteiger partial charge in [0.05, 0.1) is 12.3 Å². The number of benzene rings is 5. The molecule has 3 atom stereocenters. The molecule has 2 heteroatoms. The van der Waals surface area contributed by atoms with Crippen LogP contribution in [-0.4, -0.2) is 0 Å². The predicted molar refractivity (Wildman–Crippen MR) is 202 cm³/mol. The van der Waals surface area contributed by atoms with Crippen LogP contribution in [0.25, 0.3) is 27.1 Å². The van der Waals surface area contributed by atoms with E-state index in [0.29, 0.717) is 11.6 Å². The Kier molecular flexibility index (Phi) is 5.51. The highest BCUT2D eigenvalue weighted by atomic mass is 15.1. The molecular formula is C48H42N2. The summed E-state index contributed by atoms with van der Waals surface area (Å²) in [5.74, 6) is 4.85. The van der Waals surface area contributed by atoms with Gasteiger partial charge in [-0.3, -0.25) is 0 Å². The molecule has 5 aromatic carbocycles. The molecular weight excluding hydrogens is 605 g/mol. The molecule has 8 aliphatic rings. The second kappa shape index (κ2) is 9.79. The van der Waals surface area contributed by atoms with Gasteiger partial charge in [-0.15, -0.1) is 0 Å².